The number of aliphatic hydroxyl groups is 2. The fourth-order valence-corrected chi connectivity index (χ4v) is 1.99. The standard InChI is InChI=1S/C7H13IO5/c1-11-6-2-4(10)7(13-8)5(3-9)12-6/h4-7,9-10H,2-3H2,1H3/t4-,5-,6+,7+/m1/s1. The van der Waals surface area contributed by atoms with Crippen molar-refractivity contribution in [1.29, 1.82) is 0 Å². The molecule has 0 bridgehead atoms. The summed E-state index contributed by atoms with van der Waals surface area (Å²) in [6.45, 7) is -0.190. The molecule has 1 rings (SSSR count). The summed E-state index contributed by atoms with van der Waals surface area (Å²) in [4.78, 5) is 0. The fourth-order valence-electron chi connectivity index (χ4n) is 1.32. The fraction of sp³-hybridized carbons (Fsp3) is 1.00. The maximum Gasteiger partial charge on any atom is 0.160 e. The van der Waals surface area contributed by atoms with Gasteiger partial charge >= 0.3 is 0 Å². The molecule has 0 unspecified atom stereocenters. The minimum atomic E-state index is -0.659. The average molecular weight is 304 g/mol. The number of aliphatic hydroxyl groups excluding tert-OH is 2. The molecule has 0 radical (unpaired) electrons. The number of halogens is 1. The summed E-state index contributed by atoms with van der Waals surface area (Å²) >= 11 is 1.69. The highest BCUT2D eigenvalue weighted by Gasteiger charge is 2.38. The van der Waals surface area contributed by atoms with Crippen LogP contribution in [0, 0.1) is 0 Å². The molecule has 78 valence electrons. The first-order valence-corrected chi connectivity index (χ1v) is 4.85. The molecule has 1 aliphatic rings. The third-order valence-corrected chi connectivity index (χ3v) is 2.64. The van der Waals surface area contributed by atoms with E-state index < -0.39 is 24.6 Å². The van der Waals surface area contributed by atoms with Gasteiger partial charge in [-0.15, -0.1) is 0 Å². The van der Waals surface area contributed by atoms with E-state index in [1.54, 1.807) is 23.0 Å². The maximum atomic E-state index is 9.57. The monoisotopic (exact) mass is 304 g/mol. The van der Waals surface area contributed by atoms with Gasteiger partial charge in [0.15, 0.2) is 6.29 Å². The van der Waals surface area contributed by atoms with Crippen LogP contribution in [0.25, 0.3) is 0 Å². The van der Waals surface area contributed by atoms with Crippen molar-refractivity contribution >= 4 is 23.0 Å². The molecule has 0 aliphatic carbocycles. The minimum Gasteiger partial charge on any atom is -0.394 e. The van der Waals surface area contributed by atoms with Crippen molar-refractivity contribution in [2.45, 2.75) is 31.0 Å². The highest BCUT2D eigenvalue weighted by atomic mass is 127. The van der Waals surface area contributed by atoms with Gasteiger partial charge < -0.3 is 22.8 Å². The molecule has 0 aromatic carbocycles. The van der Waals surface area contributed by atoms with Crippen molar-refractivity contribution in [3.8, 4) is 0 Å². The van der Waals surface area contributed by atoms with Gasteiger partial charge in [0.1, 0.15) is 35.2 Å². The van der Waals surface area contributed by atoms with Gasteiger partial charge in [0.05, 0.1) is 12.7 Å². The van der Waals surface area contributed by atoms with E-state index >= 15 is 0 Å². The molecule has 5 nitrogen and oxygen atoms in total. The zero-order valence-corrected chi connectivity index (χ0v) is 9.38. The Morgan fingerprint density at radius 1 is 1.62 bits per heavy atom. The van der Waals surface area contributed by atoms with Crippen LogP contribution in [0.5, 0.6) is 0 Å². The second-order valence-electron chi connectivity index (χ2n) is 2.88. The van der Waals surface area contributed by atoms with Gasteiger partial charge in [0.2, 0.25) is 0 Å². The molecule has 1 heterocycles. The zero-order valence-electron chi connectivity index (χ0n) is 7.22. The van der Waals surface area contributed by atoms with Crippen molar-refractivity contribution in [2.75, 3.05) is 13.7 Å². The van der Waals surface area contributed by atoms with Gasteiger partial charge in [-0.25, -0.2) is 0 Å². The van der Waals surface area contributed by atoms with Crippen LogP contribution in [0.15, 0.2) is 0 Å². The highest BCUT2D eigenvalue weighted by Crippen LogP contribution is 2.24. The molecular formula is C7H13IO5. The van der Waals surface area contributed by atoms with Gasteiger partial charge in [0.25, 0.3) is 0 Å². The van der Waals surface area contributed by atoms with Crippen LogP contribution in [-0.4, -0.2) is 48.5 Å². The minimum absolute atomic E-state index is 0.190. The van der Waals surface area contributed by atoms with Crippen molar-refractivity contribution < 1.29 is 22.8 Å². The van der Waals surface area contributed by atoms with Crippen LogP contribution in [0.2, 0.25) is 0 Å². The Labute approximate surface area is 90.7 Å². The smallest absolute Gasteiger partial charge is 0.160 e. The van der Waals surface area contributed by atoms with Crippen LogP contribution in [0.4, 0.5) is 0 Å². The van der Waals surface area contributed by atoms with Crippen LogP contribution in [0.1, 0.15) is 6.42 Å². The first-order chi connectivity index (χ1) is 6.22. The molecule has 0 amide bonds. The van der Waals surface area contributed by atoms with E-state index in [4.69, 9.17) is 17.6 Å². The summed E-state index contributed by atoms with van der Waals surface area (Å²) in [6, 6.07) is 0. The topological polar surface area (TPSA) is 68.2 Å². The predicted octanol–water partition coefficient (Wildman–Crippen LogP) is -0.164. The van der Waals surface area contributed by atoms with E-state index in [1.807, 2.05) is 0 Å². The number of hydrogen-bond donors (Lipinski definition) is 2. The van der Waals surface area contributed by atoms with Gasteiger partial charge in [0, 0.05) is 13.5 Å². The number of ether oxygens (including phenoxy) is 2. The van der Waals surface area contributed by atoms with Gasteiger partial charge in [-0.3, -0.25) is 0 Å². The normalized spacial score (nSPS) is 40.6. The van der Waals surface area contributed by atoms with Crippen LogP contribution in [0.3, 0.4) is 0 Å². The van der Waals surface area contributed by atoms with E-state index in [0.717, 1.165) is 0 Å². The van der Waals surface area contributed by atoms with E-state index in [1.165, 1.54) is 7.11 Å². The molecule has 1 aliphatic heterocycles. The molecule has 2 N–H and O–H groups in total. The van der Waals surface area contributed by atoms with Crippen molar-refractivity contribution in [3.05, 3.63) is 0 Å². The number of hydrogen-bond acceptors (Lipinski definition) is 5. The third-order valence-electron chi connectivity index (χ3n) is 2.05. The van der Waals surface area contributed by atoms with Crippen molar-refractivity contribution in [1.82, 2.24) is 0 Å². The molecule has 1 saturated heterocycles. The quantitative estimate of drug-likeness (QED) is 0.709. The molecule has 1 fully saturated rings. The first-order valence-electron chi connectivity index (χ1n) is 3.97. The molecule has 0 aromatic heterocycles. The Balaban J connectivity index is 2.57. The summed E-state index contributed by atoms with van der Waals surface area (Å²) in [5.74, 6) is 0. The van der Waals surface area contributed by atoms with Crippen molar-refractivity contribution in [2.24, 2.45) is 0 Å². The molecule has 0 spiro atoms. The van der Waals surface area contributed by atoms with E-state index in [9.17, 15) is 5.11 Å². The second-order valence-corrected chi connectivity index (χ2v) is 3.39. The first kappa shape index (κ1) is 11.6. The van der Waals surface area contributed by atoms with Crippen LogP contribution < -0.4 is 0 Å². The zero-order chi connectivity index (χ0) is 9.84. The third kappa shape index (κ3) is 2.74. The lowest BCUT2D eigenvalue weighted by atomic mass is 10.0. The Morgan fingerprint density at radius 3 is 2.77 bits per heavy atom. The SMILES string of the molecule is CO[C@@H]1C[C@@H](O)[C@H](OI)[C@@H](CO)O1. The van der Waals surface area contributed by atoms with Crippen molar-refractivity contribution in [3.63, 3.8) is 0 Å². The lowest BCUT2D eigenvalue weighted by Crippen LogP contribution is -2.50. The molecule has 6 heteroatoms. The summed E-state index contributed by atoms with van der Waals surface area (Å²) in [5.41, 5.74) is 0. The Hall–Kier alpha value is 0.530. The maximum absolute atomic E-state index is 9.57. The molecular weight excluding hydrogens is 291 g/mol. The lowest BCUT2D eigenvalue weighted by Gasteiger charge is -2.36. The second kappa shape index (κ2) is 5.42. The molecule has 4 atom stereocenters. The molecule has 13 heavy (non-hydrogen) atoms. The summed E-state index contributed by atoms with van der Waals surface area (Å²) in [6.07, 6.45) is -1.77. The van der Waals surface area contributed by atoms with Crippen LogP contribution in [-0.2, 0) is 12.5 Å². The lowest BCUT2D eigenvalue weighted by molar-refractivity contribution is -0.238. The highest BCUT2D eigenvalue weighted by molar-refractivity contribution is 14.1. The largest absolute Gasteiger partial charge is 0.394 e. The Kier molecular flexibility index (Phi) is 4.84. The summed E-state index contributed by atoms with van der Waals surface area (Å²) < 4.78 is 15.2. The van der Waals surface area contributed by atoms with Gasteiger partial charge in [-0.05, 0) is 0 Å². The molecule has 0 saturated carbocycles. The summed E-state index contributed by atoms with van der Waals surface area (Å²) in [5, 5.41) is 18.5. The van der Waals surface area contributed by atoms with E-state index in [0.29, 0.717) is 6.42 Å². The van der Waals surface area contributed by atoms with Gasteiger partial charge in [-0.2, -0.15) is 0 Å². The Morgan fingerprint density at radius 2 is 2.31 bits per heavy atom. The van der Waals surface area contributed by atoms with E-state index in [-0.39, 0.29) is 6.61 Å². The Bertz CT molecular complexity index is 156. The van der Waals surface area contributed by atoms with Crippen LogP contribution >= 0.6 is 23.0 Å². The molecule has 0 aromatic rings. The average Bonchev–Trinajstić information content (AvgIpc) is 2.16. The predicted molar refractivity (Wildman–Crippen MR) is 52.3 cm³/mol. The van der Waals surface area contributed by atoms with Gasteiger partial charge in [-0.1, -0.05) is 0 Å². The summed E-state index contributed by atoms with van der Waals surface area (Å²) in [7, 11) is 1.50. The number of rotatable bonds is 3. The number of methoxy groups -OCH3 is 1. The van der Waals surface area contributed by atoms with E-state index in [2.05, 4.69) is 0 Å².